The Labute approximate surface area is 153 Å². The number of nitrogens with zero attached hydrogens (tertiary/aromatic N) is 2. The average molecular weight is 374 g/mol. The van der Waals surface area contributed by atoms with Gasteiger partial charge in [-0.05, 0) is 38.5 Å². The Hall–Kier alpha value is -0.500. The molecular weight excluding hydrogens is 340 g/mol. The van der Waals surface area contributed by atoms with E-state index in [1.165, 1.54) is 19.3 Å². The number of piperidine rings is 2. The van der Waals surface area contributed by atoms with Gasteiger partial charge in [0.25, 0.3) is 0 Å². The highest BCUT2D eigenvalue weighted by molar-refractivity contribution is 7.73. The average Bonchev–Trinajstić information content (AvgIpc) is 2.62. The summed E-state index contributed by atoms with van der Waals surface area (Å²) in [5, 5.41) is 9.56. The van der Waals surface area contributed by atoms with Gasteiger partial charge in [0.2, 0.25) is 5.91 Å². The van der Waals surface area contributed by atoms with E-state index in [1.54, 1.807) is 0 Å². The van der Waals surface area contributed by atoms with Gasteiger partial charge in [0.1, 0.15) is 6.04 Å². The molecule has 0 radical (unpaired) electrons. The SMILES string of the molecule is O=C(CCC[N+]1(S(=O)O)CCCC2CCCCC21)N1CCC(O)CC1. The fourth-order valence-electron chi connectivity index (χ4n) is 5.25. The molecule has 0 spiro atoms. The van der Waals surface area contributed by atoms with Crippen molar-refractivity contribution < 1.29 is 22.6 Å². The molecule has 144 valence electrons. The number of carbonyl (C=O) groups is 1. The molecule has 4 unspecified atom stereocenters. The van der Waals surface area contributed by atoms with Gasteiger partial charge in [-0.3, -0.25) is 9.35 Å². The summed E-state index contributed by atoms with van der Waals surface area (Å²) in [6, 6.07) is 0.300. The zero-order chi connectivity index (χ0) is 17.9. The third kappa shape index (κ3) is 4.26. The number of carbonyl (C=O) groups excluding carboxylic acids is 1. The zero-order valence-electron chi connectivity index (χ0n) is 15.1. The van der Waals surface area contributed by atoms with Crippen LogP contribution in [-0.2, 0) is 16.1 Å². The van der Waals surface area contributed by atoms with E-state index >= 15 is 0 Å². The molecule has 25 heavy (non-hydrogen) atoms. The minimum Gasteiger partial charge on any atom is -0.393 e. The number of amides is 1. The number of likely N-dealkylation sites (tertiary alicyclic amines) is 2. The van der Waals surface area contributed by atoms with Crippen LogP contribution in [0.2, 0.25) is 0 Å². The van der Waals surface area contributed by atoms with Crippen LogP contribution in [0.25, 0.3) is 0 Å². The van der Waals surface area contributed by atoms with Crippen molar-refractivity contribution in [1.29, 1.82) is 0 Å². The number of fused-ring (bicyclic) bond motifs is 1. The van der Waals surface area contributed by atoms with Gasteiger partial charge >= 0.3 is 11.3 Å². The quantitative estimate of drug-likeness (QED) is 0.571. The standard InChI is InChI=1S/C18H32N2O4S/c21-16-9-11-19(12-10-16)18(22)8-4-14-20(25(23)24)13-3-6-15-5-1-2-7-17(15)20/h15-17,21H,1-14H2/p+1. The summed E-state index contributed by atoms with van der Waals surface area (Å²) < 4.78 is 22.7. The van der Waals surface area contributed by atoms with Gasteiger partial charge in [-0.1, -0.05) is 6.42 Å². The van der Waals surface area contributed by atoms with E-state index in [2.05, 4.69) is 0 Å². The lowest BCUT2D eigenvalue weighted by Gasteiger charge is -2.49. The predicted octanol–water partition coefficient (Wildman–Crippen LogP) is 2.06. The second-order valence-corrected chi connectivity index (χ2v) is 9.29. The van der Waals surface area contributed by atoms with Gasteiger partial charge in [-0.2, -0.15) is 4.21 Å². The molecule has 3 rings (SSSR count). The Morgan fingerprint density at radius 3 is 2.48 bits per heavy atom. The van der Waals surface area contributed by atoms with Crippen molar-refractivity contribution in [2.75, 3.05) is 26.2 Å². The Morgan fingerprint density at radius 2 is 1.76 bits per heavy atom. The van der Waals surface area contributed by atoms with Crippen LogP contribution in [0.1, 0.15) is 64.2 Å². The third-order valence-corrected chi connectivity index (χ3v) is 7.90. The van der Waals surface area contributed by atoms with Crippen molar-refractivity contribution in [3.8, 4) is 0 Å². The smallest absolute Gasteiger partial charge is 0.358 e. The van der Waals surface area contributed by atoms with E-state index in [-0.39, 0.29) is 12.0 Å². The largest absolute Gasteiger partial charge is 0.393 e. The first-order chi connectivity index (χ1) is 12.0. The maximum atomic E-state index is 12.4. The first kappa shape index (κ1) is 19.3. The molecule has 2 aliphatic heterocycles. The van der Waals surface area contributed by atoms with Crippen molar-refractivity contribution in [1.82, 2.24) is 4.90 Å². The molecule has 3 aliphatic rings. The normalized spacial score (nSPS) is 35.2. The van der Waals surface area contributed by atoms with E-state index < -0.39 is 11.3 Å². The second kappa shape index (κ2) is 8.46. The minimum atomic E-state index is -1.87. The number of hydrogen-bond acceptors (Lipinski definition) is 3. The van der Waals surface area contributed by atoms with Gasteiger partial charge in [0, 0.05) is 38.3 Å². The van der Waals surface area contributed by atoms with E-state index in [4.69, 9.17) is 0 Å². The fraction of sp³-hybridized carbons (Fsp3) is 0.944. The Kier molecular flexibility index (Phi) is 6.52. The summed E-state index contributed by atoms with van der Waals surface area (Å²) in [6.07, 6.45) is 9.04. The Balaban J connectivity index is 1.57. The summed E-state index contributed by atoms with van der Waals surface area (Å²) >= 11 is -1.87. The summed E-state index contributed by atoms with van der Waals surface area (Å²) in [7, 11) is 0. The molecule has 1 saturated carbocycles. The maximum absolute atomic E-state index is 12.4. The van der Waals surface area contributed by atoms with Gasteiger partial charge < -0.3 is 10.0 Å². The topological polar surface area (TPSA) is 77.8 Å². The predicted molar refractivity (Wildman–Crippen MR) is 96.8 cm³/mol. The van der Waals surface area contributed by atoms with Crippen molar-refractivity contribution in [2.24, 2.45) is 5.92 Å². The van der Waals surface area contributed by atoms with Crippen LogP contribution in [0.15, 0.2) is 0 Å². The number of aliphatic hydroxyl groups excluding tert-OH is 1. The molecule has 0 aromatic carbocycles. The molecule has 3 fully saturated rings. The van der Waals surface area contributed by atoms with Crippen LogP contribution < -0.4 is 0 Å². The summed E-state index contributed by atoms with van der Waals surface area (Å²) in [5.74, 6) is 0.712. The van der Waals surface area contributed by atoms with Crippen molar-refractivity contribution in [3.05, 3.63) is 0 Å². The van der Waals surface area contributed by atoms with E-state index in [1.807, 2.05) is 4.90 Å². The molecule has 6 nitrogen and oxygen atoms in total. The lowest BCUT2D eigenvalue weighted by atomic mass is 9.78. The lowest BCUT2D eigenvalue weighted by Crippen LogP contribution is -2.63. The molecule has 2 heterocycles. The van der Waals surface area contributed by atoms with E-state index in [0.717, 1.165) is 25.8 Å². The molecule has 2 N–H and O–H groups in total. The van der Waals surface area contributed by atoms with Gasteiger partial charge in [-0.25, -0.2) is 3.89 Å². The Bertz CT molecular complexity index is 493. The molecule has 0 bridgehead atoms. The van der Waals surface area contributed by atoms with Crippen molar-refractivity contribution >= 4 is 17.2 Å². The van der Waals surface area contributed by atoms with Crippen molar-refractivity contribution in [3.63, 3.8) is 0 Å². The summed E-state index contributed by atoms with van der Waals surface area (Å²) in [6.45, 7) is 2.67. The van der Waals surface area contributed by atoms with Crippen LogP contribution >= 0.6 is 0 Å². The highest BCUT2D eigenvalue weighted by Gasteiger charge is 2.50. The fourth-order valence-corrected chi connectivity index (χ4v) is 6.33. The molecule has 0 aromatic heterocycles. The third-order valence-electron chi connectivity index (χ3n) is 6.64. The first-order valence-corrected chi connectivity index (χ1v) is 11.0. The Morgan fingerprint density at radius 1 is 1.08 bits per heavy atom. The highest BCUT2D eigenvalue weighted by atomic mass is 32.2. The van der Waals surface area contributed by atoms with E-state index in [9.17, 15) is 18.7 Å². The number of hydrogen-bond donors (Lipinski definition) is 2. The van der Waals surface area contributed by atoms with Crippen LogP contribution in [0.3, 0.4) is 0 Å². The van der Waals surface area contributed by atoms with E-state index in [0.29, 0.717) is 61.2 Å². The van der Waals surface area contributed by atoms with Crippen LogP contribution in [0, 0.1) is 5.92 Å². The lowest BCUT2D eigenvalue weighted by molar-refractivity contribution is -0.846. The van der Waals surface area contributed by atoms with Crippen LogP contribution in [0.5, 0.6) is 0 Å². The molecule has 7 heteroatoms. The monoisotopic (exact) mass is 373 g/mol. The summed E-state index contributed by atoms with van der Waals surface area (Å²) in [5.41, 5.74) is 0. The number of quaternary nitrogens is 1. The van der Waals surface area contributed by atoms with Crippen LogP contribution in [-0.4, -0.2) is 66.9 Å². The minimum absolute atomic E-state index is 0.131. The zero-order valence-corrected chi connectivity index (χ0v) is 16.0. The maximum Gasteiger partial charge on any atom is 0.358 e. The van der Waals surface area contributed by atoms with Gasteiger partial charge in [0.05, 0.1) is 19.2 Å². The van der Waals surface area contributed by atoms with Crippen molar-refractivity contribution in [2.45, 2.75) is 76.4 Å². The van der Waals surface area contributed by atoms with Gasteiger partial charge in [0.15, 0.2) is 0 Å². The van der Waals surface area contributed by atoms with Crippen LogP contribution in [0.4, 0.5) is 0 Å². The highest BCUT2D eigenvalue weighted by Crippen LogP contribution is 2.41. The molecule has 2 saturated heterocycles. The molecule has 1 amide bonds. The second-order valence-electron chi connectivity index (χ2n) is 8.10. The first-order valence-electron chi connectivity index (χ1n) is 9.97. The summed E-state index contributed by atoms with van der Waals surface area (Å²) in [4.78, 5) is 14.2. The van der Waals surface area contributed by atoms with Gasteiger partial charge in [-0.15, -0.1) is 0 Å². The molecule has 1 aliphatic carbocycles. The number of rotatable bonds is 5. The number of aliphatic hydroxyl groups is 1. The molecular formula is C18H33N2O4S+. The molecule has 0 aromatic rings. The molecule has 4 atom stereocenters.